The van der Waals surface area contributed by atoms with Gasteiger partial charge in [0.15, 0.2) is 0 Å². The molecule has 1 fully saturated rings. The van der Waals surface area contributed by atoms with Crippen molar-refractivity contribution in [2.45, 2.75) is 12.6 Å². The number of rotatable bonds is 3. The number of aromatic nitrogens is 1. The standard InChI is InChI=1S/C16H17BrFN3.ClH/c17-14-1-2-15(18)13(9-14)11-21-8-7-20-10-16(21)12-3-5-19-6-4-12;/h1-6,9,16,20H,7-8,10-11H2;1H. The van der Waals surface area contributed by atoms with Crippen LogP contribution in [0.4, 0.5) is 4.39 Å². The minimum absolute atomic E-state index is 0. The first-order valence-electron chi connectivity index (χ1n) is 7.02. The third kappa shape index (κ3) is 4.04. The summed E-state index contributed by atoms with van der Waals surface area (Å²) in [7, 11) is 0. The molecule has 0 radical (unpaired) electrons. The molecule has 6 heteroatoms. The molecule has 0 saturated carbocycles. The number of benzene rings is 1. The molecule has 0 bridgehead atoms. The maximum atomic E-state index is 14.0. The summed E-state index contributed by atoms with van der Waals surface area (Å²) >= 11 is 3.42. The lowest BCUT2D eigenvalue weighted by Gasteiger charge is -2.36. The molecule has 2 aromatic rings. The van der Waals surface area contributed by atoms with E-state index in [1.54, 1.807) is 6.07 Å². The third-order valence-corrected chi connectivity index (χ3v) is 4.32. The Kier molecular flexibility index (Phi) is 6.32. The molecule has 1 aliphatic rings. The third-order valence-electron chi connectivity index (χ3n) is 3.83. The Morgan fingerprint density at radius 1 is 1.27 bits per heavy atom. The van der Waals surface area contributed by atoms with Crippen molar-refractivity contribution in [2.24, 2.45) is 0 Å². The SMILES string of the molecule is Cl.Fc1ccc(Br)cc1CN1CCNCC1c1ccncc1. The molecule has 1 N–H and O–H groups in total. The summed E-state index contributed by atoms with van der Waals surface area (Å²) < 4.78 is 14.9. The van der Waals surface area contributed by atoms with Crippen LogP contribution in [0.3, 0.4) is 0 Å². The predicted octanol–water partition coefficient (Wildman–Crippen LogP) is 3.55. The molecule has 3 nitrogen and oxygen atoms in total. The van der Waals surface area contributed by atoms with E-state index in [9.17, 15) is 4.39 Å². The average molecular weight is 387 g/mol. The van der Waals surface area contributed by atoms with E-state index >= 15 is 0 Å². The van der Waals surface area contributed by atoms with Crippen molar-refractivity contribution in [2.75, 3.05) is 19.6 Å². The minimum atomic E-state index is -0.148. The van der Waals surface area contributed by atoms with E-state index in [2.05, 4.69) is 31.1 Å². The quantitative estimate of drug-likeness (QED) is 0.874. The predicted molar refractivity (Wildman–Crippen MR) is 91.6 cm³/mol. The van der Waals surface area contributed by atoms with E-state index in [0.717, 1.165) is 29.7 Å². The molecule has 1 atom stereocenters. The van der Waals surface area contributed by atoms with Gasteiger partial charge in [0.05, 0.1) is 0 Å². The van der Waals surface area contributed by atoms with Gasteiger partial charge in [-0.3, -0.25) is 9.88 Å². The number of nitrogens with one attached hydrogen (secondary N) is 1. The van der Waals surface area contributed by atoms with Gasteiger partial charge in [0, 0.05) is 54.7 Å². The maximum Gasteiger partial charge on any atom is 0.127 e. The Labute approximate surface area is 144 Å². The molecular formula is C16H18BrClFN3. The molecule has 22 heavy (non-hydrogen) atoms. The van der Waals surface area contributed by atoms with Gasteiger partial charge in [0.1, 0.15) is 5.82 Å². The van der Waals surface area contributed by atoms with Gasteiger partial charge < -0.3 is 5.32 Å². The molecule has 118 valence electrons. The second-order valence-corrected chi connectivity index (χ2v) is 6.12. The molecule has 2 heterocycles. The van der Waals surface area contributed by atoms with Crippen LogP contribution in [0.2, 0.25) is 0 Å². The molecule has 1 aliphatic heterocycles. The molecule has 1 aromatic heterocycles. The average Bonchev–Trinajstić information content (AvgIpc) is 2.52. The topological polar surface area (TPSA) is 28.2 Å². The first kappa shape index (κ1) is 17.3. The first-order chi connectivity index (χ1) is 10.2. The molecular weight excluding hydrogens is 369 g/mol. The Hall–Kier alpha value is -1.01. The zero-order chi connectivity index (χ0) is 14.7. The van der Waals surface area contributed by atoms with Crippen LogP contribution < -0.4 is 5.32 Å². The fourth-order valence-electron chi connectivity index (χ4n) is 2.73. The van der Waals surface area contributed by atoms with Crippen molar-refractivity contribution in [3.8, 4) is 0 Å². The van der Waals surface area contributed by atoms with Gasteiger partial charge in [0.2, 0.25) is 0 Å². The number of hydrogen-bond acceptors (Lipinski definition) is 3. The smallest absolute Gasteiger partial charge is 0.127 e. The normalized spacial score (nSPS) is 18.7. The lowest BCUT2D eigenvalue weighted by molar-refractivity contribution is 0.152. The van der Waals surface area contributed by atoms with Crippen molar-refractivity contribution in [1.82, 2.24) is 15.2 Å². The zero-order valence-corrected chi connectivity index (χ0v) is 14.4. The van der Waals surface area contributed by atoms with E-state index in [1.165, 1.54) is 11.6 Å². The van der Waals surface area contributed by atoms with Gasteiger partial charge in [-0.15, -0.1) is 12.4 Å². The second kappa shape index (κ2) is 8.02. The van der Waals surface area contributed by atoms with Gasteiger partial charge in [-0.2, -0.15) is 0 Å². The van der Waals surface area contributed by atoms with Gasteiger partial charge in [-0.05, 0) is 35.9 Å². The Morgan fingerprint density at radius 3 is 2.82 bits per heavy atom. The number of hydrogen-bond donors (Lipinski definition) is 1. The summed E-state index contributed by atoms with van der Waals surface area (Å²) in [4.78, 5) is 6.39. The van der Waals surface area contributed by atoms with E-state index in [1.807, 2.05) is 30.6 Å². The summed E-state index contributed by atoms with van der Waals surface area (Å²) in [6.07, 6.45) is 3.61. The highest BCUT2D eigenvalue weighted by Gasteiger charge is 2.24. The van der Waals surface area contributed by atoms with Crippen molar-refractivity contribution < 1.29 is 4.39 Å². The van der Waals surface area contributed by atoms with Crippen LogP contribution in [0.15, 0.2) is 47.2 Å². The zero-order valence-electron chi connectivity index (χ0n) is 12.0. The number of nitrogens with zero attached hydrogens (tertiary/aromatic N) is 2. The highest BCUT2D eigenvalue weighted by molar-refractivity contribution is 9.10. The number of halogens is 3. The van der Waals surface area contributed by atoms with E-state index in [-0.39, 0.29) is 24.3 Å². The van der Waals surface area contributed by atoms with Crippen LogP contribution in [0.1, 0.15) is 17.2 Å². The monoisotopic (exact) mass is 385 g/mol. The van der Waals surface area contributed by atoms with Crippen molar-refractivity contribution in [3.63, 3.8) is 0 Å². The summed E-state index contributed by atoms with van der Waals surface area (Å²) in [5, 5.41) is 3.41. The Bertz CT molecular complexity index is 612. The van der Waals surface area contributed by atoms with Crippen LogP contribution in [0.25, 0.3) is 0 Å². The first-order valence-corrected chi connectivity index (χ1v) is 7.82. The Morgan fingerprint density at radius 2 is 2.05 bits per heavy atom. The highest BCUT2D eigenvalue weighted by Crippen LogP contribution is 2.25. The van der Waals surface area contributed by atoms with Gasteiger partial charge >= 0.3 is 0 Å². The summed E-state index contributed by atoms with van der Waals surface area (Å²) in [5.41, 5.74) is 1.94. The van der Waals surface area contributed by atoms with Crippen LogP contribution in [0, 0.1) is 5.82 Å². The fraction of sp³-hybridized carbons (Fsp3) is 0.312. The minimum Gasteiger partial charge on any atom is -0.314 e. The van der Waals surface area contributed by atoms with Crippen molar-refractivity contribution >= 4 is 28.3 Å². The van der Waals surface area contributed by atoms with Gasteiger partial charge in [-0.1, -0.05) is 15.9 Å². The van der Waals surface area contributed by atoms with E-state index < -0.39 is 0 Å². The van der Waals surface area contributed by atoms with Crippen LogP contribution >= 0.6 is 28.3 Å². The number of piperazine rings is 1. The molecule has 1 aromatic carbocycles. The molecule has 1 saturated heterocycles. The summed E-state index contributed by atoms with van der Waals surface area (Å²) in [6.45, 7) is 3.32. The lowest BCUT2D eigenvalue weighted by atomic mass is 10.0. The highest BCUT2D eigenvalue weighted by atomic mass is 79.9. The summed E-state index contributed by atoms with van der Waals surface area (Å²) in [5.74, 6) is -0.148. The maximum absolute atomic E-state index is 14.0. The molecule has 0 amide bonds. The van der Waals surface area contributed by atoms with Gasteiger partial charge in [0.25, 0.3) is 0 Å². The van der Waals surface area contributed by atoms with Crippen molar-refractivity contribution in [1.29, 1.82) is 0 Å². The largest absolute Gasteiger partial charge is 0.314 e. The fourth-order valence-corrected chi connectivity index (χ4v) is 3.14. The molecule has 0 aliphatic carbocycles. The van der Waals surface area contributed by atoms with Crippen molar-refractivity contribution in [3.05, 3.63) is 64.1 Å². The van der Waals surface area contributed by atoms with Crippen LogP contribution in [-0.4, -0.2) is 29.5 Å². The second-order valence-electron chi connectivity index (χ2n) is 5.21. The number of pyridine rings is 1. The van der Waals surface area contributed by atoms with E-state index in [0.29, 0.717) is 6.54 Å². The molecule has 1 unspecified atom stereocenters. The van der Waals surface area contributed by atoms with Crippen LogP contribution in [0.5, 0.6) is 0 Å². The van der Waals surface area contributed by atoms with Gasteiger partial charge in [-0.25, -0.2) is 4.39 Å². The molecule has 3 rings (SSSR count). The van der Waals surface area contributed by atoms with Crippen LogP contribution in [-0.2, 0) is 6.54 Å². The van der Waals surface area contributed by atoms with E-state index in [4.69, 9.17) is 0 Å². The lowest BCUT2D eigenvalue weighted by Crippen LogP contribution is -2.45. The Balaban J connectivity index is 0.00000176. The summed E-state index contributed by atoms with van der Waals surface area (Å²) in [6, 6.07) is 9.42. The molecule has 0 spiro atoms.